The van der Waals surface area contributed by atoms with Gasteiger partial charge in [0, 0.05) is 29.8 Å². The molecule has 1 heterocycles. The van der Waals surface area contributed by atoms with Crippen molar-refractivity contribution in [2.45, 2.75) is 19.1 Å². The molecule has 2 aromatic carbocycles. The van der Waals surface area contributed by atoms with Gasteiger partial charge in [-0.3, -0.25) is 0 Å². The molecule has 0 aliphatic heterocycles. The third kappa shape index (κ3) is 3.98. The molecule has 0 fully saturated rings. The van der Waals surface area contributed by atoms with Gasteiger partial charge in [0.2, 0.25) is 0 Å². The highest BCUT2D eigenvalue weighted by Gasteiger charge is 2.13. The number of aryl methyl sites for hydroxylation is 1. The summed E-state index contributed by atoms with van der Waals surface area (Å²) in [6, 6.07) is 18.3. The molecule has 0 spiro atoms. The van der Waals surface area contributed by atoms with Crippen molar-refractivity contribution >= 4 is 15.9 Å². The molecule has 0 aliphatic rings. The van der Waals surface area contributed by atoms with Crippen molar-refractivity contribution in [2.24, 2.45) is 0 Å². The number of aromatic nitrogens is 2. The Kier molecular flexibility index (Phi) is 4.91. The molecule has 0 bridgehead atoms. The molecule has 22 heavy (non-hydrogen) atoms. The van der Waals surface area contributed by atoms with E-state index in [1.807, 2.05) is 55.0 Å². The molecular weight excluding hydrogens is 340 g/mol. The van der Waals surface area contributed by atoms with Gasteiger partial charge in [-0.2, -0.15) is 0 Å². The lowest BCUT2D eigenvalue weighted by atomic mass is 10.1. The van der Waals surface area contributed by atoms with Crippen molar-refractivity contribution in [3.8, 4) is 5.75 Å². The van der Waals surface area contributed by atoms with Crippen molar-refractivity contribution in [2.75, 3.05) is 0 Å². The van der Waals surface area contributed by atoms with Gasteiger partial charge in [0.05, 0.1) is 6.33 Å². The van der Waals surface area contributed by atoms with Crippen molar-refractivity contribution in [1.29, 1.82) is 0 Å². The molecular formula is C18H17BrN2O. The second kappa shape index (κ2) is 7.27. The third-order valence-electron chi connectivity index (χ3n) is 3.47. The van der Waals surface area contributed by atoms with Gasteiger partial charge in [-0.1, -0.05) is 46.3 Å². The maximum Gasteiger partial charge on any atom is 0.125 e. The molecule has 0 amide bonds. The largest absolute Gasteiger partial charge is 0.486 e. The highest BCUT2D eigenvalue weighted by molar-refractivity contribution is 9.10. The van der Waals surface area contributed by atoms with Crippen LogP contribution in [0, 0.1) is 0 Å². The van der Waals surface area contributed by atoms with E-state index >= 15 is 0 Å². The van der Waals surface area contributed by atoms with Gasteiger partial charge in [0.1, 0.15) is 11.9 Å². The Bertz CT molecular complexity index is 681. The minimum Gasteiger partial charge on any atom is -0.486 e. The third-order valence-corrected chi connectivity index (χ3v) is 4.00. The smallest absolute Gasteiger partial charge is 0.125 e. The monoisotopic (exact) mass is 356 g/mol. The number of ether oxygens (including phenoxy) is 1. The van der Waals surface area contributed by atoms with Gasteiger partial charge in [-0.05, 0) is 29.8 Å². The van der Waals surface area contributed by atoms with Crippen LogP contribution in [0.15, 0.2) is 77.8 Å². The predicted molar refractivity (Wildman–Crippen MR) is 90.8 cm³/mol. The van der Waals surface area contributed by atoms with E-state index in [4.69, 9.17) is 4.74 Å². The number of hydrogen-bond donors (Lipinski definition) is 0. The fraction of sp³-hybridized carbons (Fsp3) is 0.167. The minimum absolute atomic E-state index is 0.0119. The number of para-hydroxylation sites is 1. The number of imidazole rings is 1. The zero-order valence-electron chi connectivity index (χ0n) is 12.1. The Morgan fingerprint density at radius 2 is 1.82 bits per heavy atom. The summed E-state index contributed by atoms with van der Waals surface area (Å²) in [6.07, 6.45) is 6.50. The first-order chi connectivity index (χ1) is 10.8. The van der Waals surface area contributed by atoms with Crippen molar-refractivity contribution < 1.29 is 4.74 Å². The summed E-state index contributed by atoms with van der Waals surface area (Å²) in [5.41, 5.74) is 1.17. The second-order valence-electron chi connectivity index (χ2n) is 5.06. The summed E-state index contributed by atoms with van der Waals surface area (Å²) in [4.78, 5) is 4.08. The summed E-state index contributed by atoms with van der Waals surface area (Å²) >= 11 is 3.48. The van der Waals surface area contributed by atoms with Crippen molar-refractivity contribution in [3.63, 3.8) is 0 Å². The average Bonchev–Trinajstić information content (AvgIpc) is 3.07. The molecule has 3 rings (SSSR count). The average molecular weight is 357 g/mol. The molecule has 3 nitrogen and oxygen atoms in total. The normalized spacial score (nSPS) is 12.0. The number of hydrogen-bond acceptors (Lipinski definition) is 2. The second-order valence-corrected chi connectivity index (χ2v) is 5.98. The van der Waals surface area contributed by atoms with Crippen LogP contribution in [0.2, 0.25) is 0 Å². The fourth-order valence-electron chi connectivity index (χ4n) is 2.32. The van der Waals surface area contributed by atoms with E-state index in [1.54, 1.807) is 6.20 Å². The highest BCUT2D eigenvalue weighted by Crippen LogP contribution is 2.26. The summed E-state index contributed by atoms with van der Waals surface area (Å²) in [7, 11) is 0. The van der Waals surface area contributed by atoms with E-state index in [1.165, 1.54) is 5.56 Å². The van der Waals surface area contributed by atoms with Crippen LogP contribution in [0.25, 0.3) is 0 Å². The standard InChI is InChI=1S/C18H17BrN2O/c19-16-8-6-15(7-9-16)18(10-12-21-13-11-20-14-21)22-17-4-2-1-3-5-17/h1-9,11,13-14,18H,10,12H2. The van der Waals surface area contributed by atoms with E-state index in [9.17, 15) is 0 Å². The Hall–Kier alpha value is -2.07. The quantitative estimate of drug-likeness (QED) is 0.630. The van der Waals surface area contributed by atoms with Crippen LogP contribution in [-0.4, -0.2) is 9.55 Å². The van der Waals surface area contributed by atoms with Gasteiger partial charge in [-0.25, -0.2) is 4.98 Å². The van der Waals surface area contributed by atoms with E-state index in [2.05, 4.69) is 37.6 Å². The van der Waals surface area contributed by atoms with Gasteiger partial charge < -0.3 is 9.30 Å². The van der Waals surface area contributed by atoms with Gasteiger partial charge in [0.25, 0.3) is 0 Å². The zero-order valence-corrected chi connectivity index (χ0v) is 13.7. The van der Waals surface area contributed by atoms with Crippen molar-refractivity contribution in [1.82, 2.24) is 9.55 Å². The van der Waals surface area contributed by atoms with E-state index in [0.717, 1.165) is 23.2 Å². The Labute approximate surface area is 138 Å². The number of benzene rings is 2. The summed E-state index contributed by atoms with van der Waals surface area (Å²) in [6.45, 7) is 0.869. The van der Waals surface area contributed by atoms with Crippen LogP contribution in [0.3, 0.4) is 0 Å². The molecule has 1 unspecified atom stereocenters. The van der Waals surface area contributed by atoms with Gasteiger partial charge in [0.15, 0.2) is 0 Å². The Balaban J connectivity index is 1.76. The van der Waals surface area contributed by atoms with Crippen LogP contribution in [0.5, 0.6) is 5.75 Å². The van der Waals surface area contributed by atoms with Gasteiger partial charge in [-0.15, -0.1) is 0 Å². The maximum absolute atomic E-state index is 6.19. The molecule has 112 valence electrons. The van der Waals surface area contributed by atoms with Crippen molar-refractivity contribution in [3.05, 3.63) is 83.4 Å². The SMILES string of the molecule is Brc1ccc(C(CCn2ccnc2)Oc2ccccc2)cc1. The number of nitrogens with zero attached hydrogens (tertiary/aromatic N) is 2. The lowest BCUT2D eigenvalue weighted by molar-refractivity contribution is 0.188. The van der Waals surface area contributed by atoms with Crippen LogP contribution in [0.4, 0.5) is 0 Å². The molecule has 3 aromatic rings. The molecule has 4 heteroatoms. The highest BCUT2D eigenvalue weighted by atomic mass is 79.9. The molecule has 0 N–H and O–H groups in total. The fourth-order valence-corrected chi connectivity index (χ4v) is 2.58. The predicted octanol–water partition coefficient (Wildman–Crippen LogP) is 4.86. The Morgan fingerprint density at radius 3 is 2.50 bits per heavy atom. The summed E-state index contributed by atoms with van der Waals surface area (Å²) in [5, 5.41) is 0. The molecule has 0 saturated carbocycles. The molecule has 0 saturated heterocycles. The summed E-state index contributed by atoms with van der Waals surface area (Å²) in [5.74, 6) is 0.890. The van der Waals surface area contributed by atoms with E-state index < -0.39 is 0 Å². The lowest BCUT2D eigenvalue weighted by Gasteiger charge is -2.20. The number of rotatable bonds is 6. The molecule has 1 aromatic heterocycles. The van der Waals surface area contributed by atoms with Crippen LogP contribution >= 0.6 is 15.9 Å². The molecule has 0 aliphatic carbocycles. The van der Waals surface area contributed by atoms with Crippen LogP contribution in [0.1, 0.15) is 18.1 Å². The minimum atomic E-state index is 0.0119. The first-order valence-electron chi connectivity index (χ1n) is 7.24. The first kappa shape index (κ1) is 14.9. The van der Waals surface area contributed by atoms with E-state index in [0.29, 0.717) is 0 Å². The van der Waals surface area contributed by atoms with E-state index in [-0.39, 0.29) is 6.10 Å². The maximum atomic E-state index is 6.19. The lowest BCUT2D eigenvalue weighted by Crippen LogP contribution is -2.11. The van der Waals surface area contributed by atoms with Crippen LogP contribution in [-0.2, 0) is 6.54 Å². The van der Waals surface area contributed by atoms with Gasteiger partial charge >= 0.3 is 0 Å². The Morgan fingerprint density at radius 1 is 1.05 bits per heavy atom. The van der Waals surface area contributed by atoms with Crippen LogP contribution < -0.4 is 4.74 Å². The zero-order chi connectivity index (χ0) is 15.2. The molecule has 0 radical (unpaired) electrons. The number of halogens is 1. The summed E-state index contributed by atoms with van der Waals surface area (Å²) < 4.78 is 9.33. The molecule has 1 atom stereocenters. The topological polar surface area (TPSA) is 27.1 Å². The first-order valence-corrected chi connectivity index (χ1v) is 8.03.